The maximum absolute atomic E-state index is 13.1. The number of carbonyl (C=O) groups excluding carboxylic acids is 2. The van der Waals surface area contributed by atoms with E-state index in [4.69, 9.17) is 53.1 Å². The first-order valence-electron chi connectivity index (χ1n) is 59.0. The van der Waals surface area contributed by atoms with Crippen LogP contribution in [0.3, 0.4) is 0 Å². The Morgan fingerprint density at radius 1 is 0.276 bits per heavy atom. The van der Waals surface area contributed by atoms with Gasteiger partial charge < -0.3 is 53.1 Å². The molecule has 0 bridgehead atoms. The summed E-state index contributed by atoms with van der Waals surface area (Å²) in [6.45, 7) is 52.6. The molecule has 6 atom stereocenters. The highest BCUT2D eigenvalue weighted by Gasteiger charge is 2.55. The molecule has 22 heteroatoms. The van der Waals surface area contributed by atoms with Crippen molar-refractivity contribution >= 4 is 79.5 Å². The van der Waals surface area contributed by atoms with E-state index in [1.54, 1.807) is 0 Å². The van der Waals surface area contributed by atoms with Crippen LogP contribution in [0.15, 0.2) is 146 Å². The molecule has 8 rings (SSSR count). The highest BCUT2D eigenvalue weighted by Crippen LogP contribution is 2.42. The number of carbonyl (C=O) groups is 2. The SMILES string of the molecule is CCCCCCCCCCC(Oc1ccc(C(C)(C)c2ccc(OC(CCCCCCCCCC)[Si](C)(O[Si](C)(C)C)O[Si](C)(CCCCCCCCCCCOc3ccc(-c4ccc(C(=O)OC5CCC(CCCCC)CC5)cc4)cc3)O[Si](C)(C)C)cc2)cc1)[Si](C)(O[Si](C)(C)C)O[Si](C)(CCCCCCCCCCCOc1ccc(-c2ccc(C(=O)OC3CCC(CCCCC)CC3)cc2)cc1)O[Si](C)(C)C. The lowest BCUT2D eigenvalue weighted by atomic mass is 9.78. The Hall–Kier alpha value is -5.04. The van der Waals surface area contributed by atoms with Crippen molar-refractivity contribution in [1.82, 2.24) is 0 Å². The number of ether oxygens (including phenoxy) is 6. The topological polar surface area (TPSA) is 145 Å². The Labute approximate surface area is 895 Å². The van der Waals surface area contributed by atoms with Gasteiger partial charge in [0.2, 0.25) is 0 Å². The van der Waals surface area contributed by atoms with Gasteiger partial charge in [-0.15, -0.1) is 0 Å². The fourth-order valence-electron chi connectivity index (χ4n) is 22.0. The molecule has 2 saturated carbocycles. The van der Waals surface area contributed by atoms with Gasteiger partial charge in [0.1, 0.15) is 46.7 Å². The van der Waals surface area contributed by atoms with Crippen LogP contribution in [-0.2, 0) is 39.6 Å². The van der Waals surface area contributed by atoms with Crippen LogP contribution in [0.25, 0.3) is 22.3 Å². The van der Waals surface area contributed by atoms with E-state index in [1.165, 1.54) is 268 Å². The zero-order chi connectivity index (χ0) is 105. The number of esters is 2. The molecule has 0 N–H and O–H groups in total. The van der Waals surface area contributed by atoms with Gasteiger partial charge in [-0.05, 0) is 325 Å². The first-order valence-corrected chi connectivity index (χ1v) is 82.5. The Morgan fingerprint density at radius 2 is 0.524 bits per heavy atom. The third-order valence-corrected chi connectivity index (χ3v) is 58.6. The molecule has 2 fully saturated rings. The maximum Gasteiger partial charge on any atom is 0.358 e. The Balaban J connectivity index is 0.823. The van der Waals surface area contributed by atoms with Gasteiger partial charge in [0, 0.05) is 5.41 Å². The molecule has 816 valence electrons. The van der Waals surface area contributed by atoms with Crippen LogP contribution < -0.4 is 18.9 Å². The van der Waals surface area contributed by atoms with Crippen LogP contribution in [0.5, 0.6) is 23.0 Å². The molecule has 0 heterocycles. The maximum atomic E-state index is 13.1. The monoisotopic (exact) mass is 2130 g/mol. The summed E-state index contributed by atoms with van der Waals surface area (Å²) in [7, 11) is -20.4. The molecule has 0 aliphatic heterocycles. The quantitative estimate of drug-likeness (QED) is 0.0203. The number of rotatable bonds is 78. The molecule has 6 unspecified atom stereocenters. The number of hydrogen-bond donors (Lipinski definition) is 0. The zero-order valence-corrected chi connectivity index (χ0v) is 104. The second kappa shape index (κ2) is 65.5. The van der Waals surface area contributed by atoms with Gasteiger partial charge in [0.05, 0.1) is 24.3 Å². The largest absolute Gasteiger partial charge is 0.494 e. The van der Waals surface area contributed by atoms with Crippen molar-refractivity contribution < 1.29 is 62.7 Å². The molecular weight excluding hydrogens is 1930 g/mol. The van der Waals surface area contributed by atoms with Crippen molar-refractivity contribution in [1.29, 1.82) is 0 Å². The summed E-state index contributed by atoms with van der Waals surface area (Å²) in [6, 6.07) is 52.4. The minimum atomic E-state index is -3.14. The highest BCUT2D eigenvalue weighted by molar-refractivity contribution is 6.91. The molecule has 14 nitrogen and oxygen atoms in total. The van der Waals surface area contributed by atoms with Gasteiger partial charge in [0.15, 0.2) is 33.3 Å². The Kier molecular flexibility index (Phi) is 56.5. The predicted octanol–water partition coefficient (Wildman–Crippen LogP) is 38.5. The van der Waals surface area contributed by atoms with Crippen molar-refractivity contribution in [2.45, 2.75) is 521 Å². The van der Waals surface area contributed by atoms with Gasteiger partial charge >= 0.3 is 46.2 Å². The summed E-state index contributed by atoms with van der Waals surface area (Å²) < 4.78 is 85.2. The first kappa shape index (κ1) is 125. The fourth-order valence-corrected chi connectivity index (χ4v) is 58.8. The molecule has 145 heavy (non-hydrogen) atoms. The van der Waals surface area contributed by atoms with E-state index in [1.807, 2.05) is 48.5 Å². The van der Waals surface area contributed by atoms with Crippen molar-refractivity contribution in [2.24, 2.45) is 11.8 Å². The Morgan fingerprint density at radius 3 is 0.807 bits per heavy atom. The van der Waals surface area contributed by atoms with E-state index >= 15 is 0 Å². The molecule has 0 aromatic heterocycles. The molecule has 0 saturated heterocycles. The summed E-state index contributed by atoms with van der Waals surface area (Å²) in [5, 5.41) is 0. The first-order chi connectivity index (χ1) is 69.2. The summed E-state index contributed by atoms with van der Waals surface area (Å²) in [6.07, 6.45) is 62.2. The van der Waals surface area contributed by atoms with E-state index in [0.717, 1.165) is 159 Å². The van der Waals surface area contributed by atoms with Crippen molar-refractivity contribution in [3.05, 3.63) is 168 Å². The minimum absolute atomic E-state index is 0.0387. The van der Waals surface area contributed by atoms with Gasteiger partial charge in [-0.3, -0.25) is 0 Å². The molecular formula is C123H208O14Si8. The van der Waals surface area contributed by atoms with Crippen molar-refractivity contribution in [2.75, 3.05) is 13.2 Å². The molecule has 2 aliphatic rings. The third-order valence-electron chi connectivity index (χ3n) is 29.7. The lowest BCUT2D eigenvalue weighted by Gasteiger charge is -2.45. The fraction of sp³-hybridized carbons (Fsp3) is 0.691. The van der Waals surface area contributed by atoms with Crippen LogP contribution in [0.4, 0.5) is 0 Å². The Bertz CT molecular complexity index is 4160. The summed E-state index contributed by atoms with van der Waals surface area (Å²) in [4.78, 5) is 26.2. The lowest BCUT2D eigenvalue weighted by molar-refractivity contribution is 0.0152. The average Bonchev–Trinajstić information content (AvgIpc) is 0.781. The van der Waals surface area contributed by atoms with Gasteiger partial charge in [-0.2, -0.15) is 0 Å². The number of benzene rings is 6. The van der Waals surface area contributed by atoms with Gasteiger partial charge in [-0.25, -0.2) is 9.59 Å². The molecule has 0 spiro atoms. The highest BCUT2D eigenvalue weighted by atomic mass is 28.5. The summed E-state index contributed by atoms with van der Waals surface area (Å²) >= 11 is 0. The third kappa shape index (κ3) is 49.7. The molecule has 6 aromatic rings. The van der Waals surface area contributed by atoms with E-state index in [0.29, 0.717) is 11.1 Å². The summed E-state index contributed by atoms with van der Waals surface area (Å²) in [5.74, 6) is 4.70. The second-order valence-electron chi connectivity index (χ2n) is 48.6. The van der Waals surface area contributed by atoms with Crippen LogP contribution in [0.2, 0.25) is 117 Å². The standard InChI is InChI=1S/C123H208O14Si8/c1-23-27-31-33-35-43-49-57-65-119(144(21,134-140(13,14)15)136-142(19,132-138(7,8)9)101-61-53-47-41-37-39-45-51-59-99-126-113-91-79-107(80-92-113)105-71-75-109(76-72-105)121(124)130-117-87-67-103(68-88-117)63-55-29-25-3)128-115-95-83-111(84-96-115)123(5,6)112-85-97-116(98-86-112)129-120(66-58-50-44-36-34-32-28-24-2)145(22,135-141(16,17)18)137-143(20,133-139(10,11)12)102-62-54-48-42-38-40-46-52-60-100-127-114-93-81-108(82-94-114)106-73-77-110(78-74-106)122(125)131-118-89-69-104(70-90-118)64-56-30-26-4/h71-86,91-98,103-104,117-120H,23-70,87-90,99-102H2,1-22H3. The van der Waals surface area contributed by atoms with Crippen LogP contribution in [0.1, 0.15) is 407 Å². The van der Waals surface area contributed by atoms with Gasteiger partial charge in [-0.1, -0.05) is 358 Å². The van der Waals surface area contributed by atoms with Crippen molar-refractivity contribution in [3.63, 3.8) is 0 Å². The van der Waals surface area contributed by atoms with E-state index in [2.05, 4.69) is 243 Å². The minimum Gasteiger partial charge on any atom is -0.494 e. The molecule has 0 amide bonds. The summed E-state index contributed by atoms with van der Waals surface area (Å²) in [5.41, 5.74) is 7.29. The predicted molar refractivity (Wildman–Crippen MR) is 633 cm³/mol. The van der Waals surface area contributed by atoms with Crippen molar-refractivity contribution in [3.8, 4) is 45.3 Å². The van der Waals surface area contributed by atoms with Gasteiger partial charge in [0.25, 0.3) is 0 Å². The lowest BCUT2D eigenvalue weighted by Crippen LogP contribution is -2.64. The number of unbranched alkanes of at least 4 members (excludes halogenated alkanes) is 34. The van der Waals surface area contributed by atoms with Crippen LogP contribution in [0, 0.1) is 11.8 Å². The van der Waals surface area contributed by atoms with Crippen LogP contribution >= 0.6 is 0 Å². The van der Waals surface area contributed by atoms with E-state index < -0.39 is 67.5 Å². The van der Waals surface area contributed by atoms with E-state index in [-0.39, 0.29) is 41.0 Å². The smallest absolute Gasteiger partial charge is 0.358 e. The molecule has 0 radical (unpaired) electrons. The normalized spacial score (nSPS) is 17.7. The van der Waals surface area contributed by atoms with E-state index in [9.17, 15) is 9.59 Å². The average molecular weight is 2140 g/mol. The van der Waals surface area contributed by atoms with Crippen LogP contribution in [-0.4, -0.2) is 116 Å². The molecule has 2 aliphatic carbocycles. The zero-order valence-electron chi connectivity index (χ0n) is 96.1. The number of hydrogen-bond acceptors (Lipinski definition) is 14. The molecule has 6 aromatic carbocycles. The second-order valence-corrected chi connectivity index (χ2v) is 81.3.